The maximum atomic E-state index is 5.69. The van der Waals surface area contributed by atoms with Gasteiger partial charge in [0.15, 0.2) is 0 Å². The van der Waals surface area contributed by atoms with Crippen molar-refractivity contribution in [2.45, 2.75) is 0 Å². The first kappa shape index (κ1) is 9.90. The quantitative estimate of drug-likeness (QED) is 0.645. The number of nitrogens with two attached hydrogens (primary N) is 1. The van der Waals surface area contributed by atoms with E-state index in [0.29, 0.717) is 0 Å². The van der Waals surface area contributed by atoms with E-state index >= 15 is 0 Å². The molecule has 0 atom stereocenters. The van der Waals surface area contributed by atoms with Crippen molar-refractivity contribution in [3.63, 3.8) is 0 Å². The number of anilines is 1. The molecule has 17 heavy (non-hydrogen) atoms. The van der Waals surface area contributed by atoms with Crippen molar-refractivity contribution in [2.24, 2.45) is 7.05 Å². The molecule has 0 bridgehead atoms. The topological polar surface area (TPSA) is 43.8 Å². The van der Waals surface area contributed by atoms with Crippen molar-refractivity contribution in [1.29, 1.82) is 0 Å². The van der Waals surface area contributed by atoms with Gasteiger partial charge in [-0.2, -0.15) is 0 Å². The molecule has 3 nitrogen and oxygen atoms in total. The molecule has 2 aromatic carbocycles. The lowest BCUT2D eigenvalue weighted by molar-refractivity contribution is 0.959. The van der Waals surface area contributed by atoms with Crippen LogP contribution in [0.4, 0.5) is 5.69 Å². The monoisotopic (exact) mass is 223 g/mol. The van der Waals surface area contributed by atoms with E-state index in [1.165, 1.54) is 0 Å². The lowest BCUT2D eigenvalue weighted by atomic mass is 10.2. The van der Waals surface area contributed by atoms with Crippen LogP contribution in [0.2, 0.25) is 0 Å². The zero-order chi connectivity index (χ0) is 11.8. The van der Waals surface area contributed by atoms with Crippen molar-refractivity contribution < 1.29 is 0 Å². The van der Waals surface area contributed by atoms with Crippen molar-refractivity contribution in [3.05, 3.63) is 48.5 Å². The Kier molecular flexibility index (Phi) is 2.11. The van der Waals surface area contributed by atoms with E-state index in [4.69, 9.17) is 5.73 Å². The molecule has 0 spiro atoms. The number of fused-ring (bicyclic) bond motifs is 1. The number of aryl methyl sites for hydroxylation is 1. The van der Waals surface area contributed by atoms with Crippen molar-refractivity contribution >= 4 is 16.7 Å². The lowest BCUT2D eigenvalue weighted by Gasteiger charge is -2.02. The average molecular weight is 223 g/mol. The predicted octanol–water partition coefficient (Wildman–Crippen LogP) is 2.82. The van der Waals surface area contributed by atoms with Crippen LogP contribution in [0.3, 0.4) is 0 Å². The maximum Gasteiger partial charge on any atom is 0.140 e. The zero-order valence-corrected chi connectivity index (χ0v) is 9.59. The molecule has 0 aliphatic rings. The number of benzene rings is 2. The molecular formula is C14H13N3. The molecule has 3 heteroatoms. The van der Waals surface area contributed by atoms with Crippen molar-refractivity contribution in [3.8, 4) is 11.4 Å². The zero-order valence-electron chi connectivity index (χ0n) is 9.59. The van der Waals surface area contributed by atoms with Gasteiger partial charge in [-0.25, -0.2) is 4.98 Å². The van der Waals surface area contributed by atoms with Gasteiger partial charge >= 0.3 is 0 Å². The third kappa shape index (κ3) is 1.56. The van der Waals surface area contributed by atoms with E-state index in [2.05, 4.69) is 15.6 Å². The highest BCUT2D eigenvalue weighted by molar-refractivity contribution is 5.80. The molecule has 0 aliphatic heterocycles. The second-order valence-electron chi connectivity index (χ2n) is 4.11. The smallest absolute Gasteiger partial charge is 0.140 e. The molecular weight excluding hydrogens is 210 g/mol. The fourth-order valence-electron chi connectivity index (χ4n) is 2.04. The highest BCUT2D eigenvalue weighted by Gasteiger charge is 2.08. The summed E-state index contributed by atoms with van der Waals surface area (Å²) in [6.07, 6.45) is 0. The van der Waals surface area contributed by atoms with Gasteiger partial charge in [0.2, 0.25) is 0 Å². The maximum absolute atomic E-state index is 5.69. The van der Waals surface area contributed by atoms with Crippen LogP contribution in [0.1, 0.15) is 0 Å². The SMILES string of the molecule is Cn1c(-c2ccc(N)cc2)nc2ccccc21. The number of nitrogens with zero attached hydrogens (tertiary/aromatic N) is 2. The summed E-state index contributed by atoms with van der Waals surface area (Å²) in [6, 6.07) is 15.9. The third-order valence-electron chi connectivity index (χ3n) is 2.96. The number of nitrogen functional groups attached to an aromatic ring is 1. The second-order valence-corrected chi connectivity index (χ2v) is 4.11. The summed E-state index contributed by atoms with van der Waals surface area (Å²) in [7, 11) is 2.03. The summed E-state index contributed by atoms with van der Waals surface area (Å²) < 4.78 is 2.10. The van der Waals surface area contributed by atoms with Crippen LogP contribution in [0, 0.1) is 0 Å². The van der Waals surface area contributed by atoms with Crippen molar-refractivity contribution in [1.82, 2.24) is 9.55 Å². The standard InChI is InChI=1S/C14H13N3/c1-17-13-5-3-2-4-12(13)16-14(17)10-6-8-11(15)9-7-10/h2-9H,15H2,1H3. The molecule has 0 aliphatic carbocycles. The minimum absolute atomic E-state index is 0.771. The van der Waals surface area contributed by atoms with E-state index in [0.717, 1.165) is 28.1 Å². The summed E-state index contributed by atoms with van der Waals surface area (Å²) in [6.45, 7) is 0. The fourth-order valence-corrected chi connectivity index (χ4v) is 2.04. The minimum Gasteiger partial charge on any atom is -0.399 e. The van der Waals surface area contributed by atoms with Crippen LogP contribution in [0.5, 0.6) is 0 Å². The number of rotatable bonds is 1. The van der Waals surface area contributed by atoms with Crippen LogP contribution in [-0.2, 0) is 7.05 Å². The van der Waals surface area contributed by atoms with Gasteiger partial charge in [0.25, 0.3) is 0 Å². The molecule has 3 aromatic rings. The van der Waals surface area contributed by atoms with Gasteiger partial charge < -0.3 is 10.3 Å². The molecule has 0 radical (unpaired) electrons. The van der Waals surface area contributed by atoms with Gasteiger partial charge in [-0.1, -0.05) is 12.1 Å². The summed E-state index contributed by atoms with van der Waals surface area (Å²) in [5.74, 6) is 0.964. The van der Waals surface area contributed by atoms with Crippen LogP contribution in [-0.4, -0.2) is 9.55 Å². The van der Waals surface area contributed by atoms with Crippen molar-refractivity contribution in [2.75, 3.05) is 5.73 Å². The fraction of sp³-hybridized carbons (Fsp3) is 0.0714. The first-order chi connectivity index (χ1) is 8.25. The molecule has 1 heterocycles. The number of hydrogen-bond acceptors (Lipinski definition) is 2. The molecule has 3 rings (SSSR count). The summed E-state index contributed by atoms with van der Waals surface area (Å²) in [4.78, 5) is 4.63. The minimum atomic E-state index is 0.771. The van der Waals surface area contributed by atoms with E-state index in [1.54, 1.807) is 0 Å². The number of para-hydroxylation sites is 2. The van der Waals surface area contributed by atoms with Gasteiger partial charge in [-0.15, -0.1) is 0 Å². The Balaban J connectivity index is 2.24. The highest BCUT2D eigenvalue weighted by Crippen LogP contribution is 2.23. The first-order valence-corrected chi connectivity index (χ1v) is 5.53. The molecule has 84 valence electrons. The highest BCUT2D eigenvalue weighted by atomic mass is 15.1. The molecule has 0 saturated carbocycles. The molecule has 1 aromatic heterocycles. The number of imidazole rings is 1. The molecule has 0 amide bonds. The predicted molar refractivity (Wildman–Crippen MR) is 70.6 cm³/mol. The molecule has 0 fully saturated rings. The van der Waals surface area contributed by atoms with Gasteiger partial charge in [-0.3, -0.25) is 0 Å². The van der Waals surface area contributed by atoms with Crippen LogP contribution in [0.15, 0.2) is 48.5 Å². The second kappa shape index (κ2) is 3.63. The van der Waals surface area contributed by atoms with E-state index in [1.807, 2.05) is 49.5 Å². The Morgan fingerprint density at radius 3 is 2.41 bits per heavy atom. The van der Waals surface area contributed by atoms with Gasteiger partial charge in [-0.05, 0) is 36.4 Å². The van der Waals surface area contributed by atoms with Gasteiger partial charge in [0.1, 0.15) is 5.82 Å². The van der Waals surface area contributed by atoms with Gasteiger partial charge in [0.05, 0.1) is 11.0 Å². The first-order valence-electron chi connectivity index (χ1n) is 5.53. The van der Waals surface area contributed by atoms with Crippen LogP contribution >= 0.6 is 0 Å². The summed E-state index contributed by atoms with van der Waals surface area (Å²) in [5.41, 5.74) is 9.70. The normalized spacial score (nSPS) is 10.9. The van der Waals surface area contributed by atoms with E-state index in [9.17, 15) is 0 Å². The van der Waals surface area contributed by atoms with E-state index < -0.39 is 0 Å². The molecule has 2 N–H and O–H groups in total. The van der Waals surface area contributed by atoms with E-state index in [-0.39, 0.29) is 0 Å². The lowest BCUT2D eigenvalue weighted by Crippen LogP contribution is -1.92. The Morgan fingerprint density at radius 2 is 1.71 bits per heavy atom. The number of aromatic nitrogens is 2. The summed E-state index contributed by atoms with van der Waals surface area (Å²) >= 11 is 0. The number of hydrogen-bond donors (Lipinski definition) is 1. The van der Waals surface area contributed by atoms with Gasteiger partial charge in [0, 0.05) is 18.3 Å². The Hall–Kier alpha value is -2.29. The Labute approximate surface area is 99.5 Å². The average Bonchev–Trinajstić information content (AvgIpc) is 2.69. The molecule has 0 unspecified atom stereocenters. The largest absolute Gasteiger partial charge is 0.399 e. The third-order valence-corrected chi connectivity index (χ3v) is 2.96. The summed E-state index contributed by atoms with van der Waals surface area (Å²) in [5, 5.41) is 0. The van der Waals surface area contributed by atoms with Crippen LogP contribution in [0.25, 0.3) is 22.4 Å². The Bertz CT molecular complexity index is 666. The van der Waals surface area contributed by atoms with Crippen LogP contribution < -0.4 is 5.73 Å². The Morgan fingerprint density at radius 1 is 1.00 bits per heavy atom. The molecule has 0 saturated heterocycles.